The molecule has 27 heavy (non-hydrogen) atoms. The molecule has 5 nitrogen and oxygen atoms in total. The molecule has 0 saturated carbocycles. The molecule has 0 saturated heterocycles. The van der Waals surface area contributed by atoms with E-state index >= 15 is 0 Å². The third-order valence-electron chi connectivity index (χ3n) is 4.73. The Hall–Kier alpha value is -2.34. The number of benzene rings is 2. The second-order valence-electron chi connectivity index (χ2n) is 7.25. The number of aryl methyl sites for hydroxylation is 2. The third kappa shape index (κ3) is 4.89. The number of nitrogens with zero attached hydrogens (tertiary/aromatic N) is 1. The first kappa shape index (κ1) is 19.4. The van der Waals surface area contributed by atoms with Gasteiger partial charge in [0.15, 0.2) is 0 Å². The normalized spacial score (nSPS) is 14.1. The van der Waals surface area contributed by atoms with Gasteiger partial charge in [-0.2, -0.15) is 0 Å². The number of hydrogen-bond donors (Lipinski definition) is 1. The fourth-order valence-electron chi connectivity index (χ4n) is 3.33. The van der Waals surface area contributed by atoms with Crippen LogP contribution >= 0.6 is 0 Å². The van der Waals surface area contributed by atoms with E-state index in [0.29, 0.717) is 18.7 Å². The van der Waals surface area contributed by atoms with Crippen LogP contribution in [0.3, 0.4) is 0 Å². The molecule has 6 heteroatoms. The van der Waals surface area contributed by atoms with Crippen LogP contribution in [0.1, 0.15) is 31.4 Å². The summed E-state index contributed by atoms with van der Waals surface area (Å²) in [6, 6.07) is 15.0. The fraction of sp³-hybridized carbons (Fsp3) is 0.381. The van der Waals surface area contributed by atoms with Gasteiger partial charge in [-0.15, -0.1) is 0 Å². The van der Waals surface area contributed by atoms with E-state index in [1.54, 1.807) is 6.07 Å². The van der Waals surface area contributed by atoms with Crippen LogP contribution in [0.5, 0.6) is 0 Å². The van der Waals surface area contributed by atoms with Crippen LogP contribution in [0, 0.1) is 5.92 Å². The molecule has 0 aromatic heterocycles. The summed E-state index contributed by atoms with van der Waals surface area (Å²) in [4.78, 5) is 14.2. The average Bonchev–Trinajstić information content (AvgIpc) is 2.65. The minimum atomic E-state index is -3.43. The summed E-state index contributed by atoms with van der Waals surface area (Å²) in [5.74, 6) is 0.0748. The highest BCUT2D eigenvalue weighted by molar-refractivity contribution is 7.92. The molecule has 1 heterocycles. The molecule has 1 amide bonds. The van der Waals surface area contributed by atoms with Gasteiger partial charge in [-0.3, -0.25) is 9.52 Å². The van der Waals surface area contributed by atoms with Gasteiger partial charge in [0.1, 0.15) is 0 Å². The predicted molar refractivity (Wildman–Crippen MR) is 110 cm³/mol. The van der Waals surface area contributed by atoms with Crippen molar-refractivity contribution in [3.05, 3.63) is 59.7 Å². The Bertz CT molecular complexity index is 908. The Balaban J connectivity index is 1.72. The molecule has 0 spiro atoms. The van der Waals surface area contributed by atoms with E-state index in [2.05, 4.69) is 4.72 Å². The molecule has 3 rings (SSSR count). The zero-order chi connectivity index (χ0) is 19.4. The molecule has 1 aliphatic rings. The van der Waals surface area contributed by atoms with Crippen molar-refractivity contribution in [2.45, 2.75) is 33.1 Å². The van der Waals surface area contributed by atoms with E-state index in [9.17, 15) is 13.2 Å². The van der Waals surface area contributed by atoms with Gasteiger partial charge >= 0.3 is 0 Å². The molecular weight excluding hydrogens is 360 g/mol. The van der Waals surface area contributed by atoms with E-state index < -0.39 is 10.0 Å². The summed E-state index contributed by atoms with van der Waals surface area (Å²) >= 11 is 0. The fourth-order valence-corrected chi connectivity index (χ4v) is 4.42. The van der Waals surface area contributed by atoms with Gasteiger partial charge in [0.25, 0.3) is 0 Å². The van der Waals surface area contributed by atoms with Crippen LogP contribution in [-0.4, -0.2) is 26.6 Å². The summed E-state index contributed by atoms with van der Waals surface area (Å²) in [5.41, 5.74) is 3.46. The van der Waals surface area contributed by atoms with Crippen molar-refractivity contribution in [2.24, 2.45) is 5.92 Å². The van der Waals surface area contributed by atoms with Crippen molar-refractivity contribution in [2.75, 3.05) is 21.9 Å². The summed E-state index contributed by atoms with van der Waals surface area (Å²) in [7, 11) is -3.43. The van der Waals surface area contributed by atoms with Crippen molar-refractivity contribution in [3.8, 4) is 0 Å². The zero-order valence-electron chi connectivity index (χ0n) is 15.8. The van der Waals surface area contributed by atoms with E-state index in [-0.39, 0.29) is 17.6 Å². The van der Waals surface area contributed by atoms with Crippen LogP contribution in [0.25, 0.3) is 0 Å². The number of nitrogens with one attached hydrogen (secondary N) is 1. The Kier molecular flexibility index (Phi) is 5.85. The molecule has 2 aromatic carbocycles. The second kappa shape index (κ2) is 8.13. The number of rotatable bonds is 6. The lowest BCUT2D eigenvalue weighted by atomic mass is 9.99. The van der Waals surface area contributed by atoms with E-state index in [1.165, 1.54) is 0 Å². The zero-order valence-corrected chi connectivity index (χ0v) is 16.6. The number of sulfonamides is 1. The Morgan fingerprint density at radius 1 is 1.15 bits per heavy atom. The minimum absolute atomic E-state index is 0.0338. The van der Waals surface area contributed by atoms with Crippen LogP contribution in [0.2, 0.25) is 0 Å². The van der Waals surface area contributed by atoms with Crippen LogP contribution in [0.15, 0.2) is 48.5 Å². The van der Waals surface area contributed by atoms with E-state index in [0.717, 1.165) is 29.7 Å². The third-order valence-corrected chi connectivity index (χ3v) is 6.02. The highest BCUT2D eigenvalue weighted by Gasteiger charge is 2.24. The number of hydrogen-bond acceptors (Lipinski definition) is 3. The molecule has 0 fully saturated rings. The first-order chi connectivity index (χ1) is 12.9. The van der Waals surface area contributed by atoms with Crippen LogP contribution in [-0.2, 0) is 27.7 Å². The molecule has 0 unspecified atom stereocenters. The first-order valence-corrected chi connectivity index (χ1v) is 11.0. The Morgan fingerprint density at radius 3 is 2.59 bits per heavy atom. The molecule has 2 aromatic rings. The summed E-state index contributed by atoms with van der Waals surface area (Å²) in [5, 5.41) is 0. The smallest absolute Gasteiger partial charge is 0.233 e. The number of carbonyl (C=O) groups excluding carboxylic acids is 1. The summed E-state index contributed by atoms with van der Waals surface area (Å²) < 4.78 is 27.5. The first-order valence-electron chi connectivity index (χ1n) is 9.34. The number of amides is 1. The van der Waals surface area contributed by atoms with Gasteiger partial charge in [-0.1, -0.05) is 44.2 Å². The number of carbonyl (C=O) groups is 1. The van der Waals surface area contributed by atoms with Gasteiger partial charge < -0.3 is 4.90 Å². The van der Waals surface area contributed by atoms with Gasteiger partial charge in [0, 0.05) is 23.8 Å². The van der Waals surface area contributed by atoms with Crippen molar-refractivity contribution in [1.29, 1.82) is 0 Å². The lowest BCUT2D eigenvalue weighted by Crippen LogP contribution is -2.38. The van der Waals surface area contributed by atoms with E-state index in [1.807, 2.05) is 61.2 Å². The maximum Gasteiger partial charge on any atom is 0.233 e. The highest BCUT2D eigenvalue weighted by atomic mass is 32.2. The molecule has 1 N–H and O–H groups in total. The molecule has 0 bridgehead atoms. The monoisotopic (exact) mass is 386 g/mol. The topological polar surface area (TPSA) is 66.5 Å². The van der Waals surface area contributed by atoms with Gasteiger partial charge in [-0.05, 0) is 48.6 Å². The number of fused-ring (bicyclic) bond motifs is 1. The SMILES string of the molecule is CC(C)C(=O)N1CCCc2cc(NS(=O)(=O)CCc3ccccc3)ccc21. The predicted octanol–water partition coefficient (Wildman–Crippen LogP) is 3.61. The van der Waals surface area contributed by atoms with Gasteiger partial charge in [0.2, 0.25) is 15.9 Å². The van der Waals surface area contributed by atoms with Gasteiger partial charge in [-0.25, -0.2) is 8.42 Å². The van der Waals surface area contributed by atoms with Crippen LogP contribution in [0.4, 0.5) is 11.4 Å². The van der Waals surface area contributed by atoms with E-state index in [4.69, 9.17) is 0 Å². The van der Waals surface area contributed by atoms with Crippen molar-refractivity contribution in [1.82, 2.24) is 0 Å². The Morgan fingerprint density at radius 2 is 1.89 bits per heavy atom. The quantitative estimate of drug-likeness (QED) is 0.825. The van der Waals surface area contributed by atoms with Gasteiger partial charge in [0.05, 0.1) is 5.75 Å². The Labute approximate surface area is 161 Å². The standard InChI is InChI=1S/C21H26N2O3S/c1-16(2)21(24)23-13-6-9-18-15-19(10-11-20(18)23)22-27(25,26)14-12-17-7-4-3-5-8-17/h3-5,7-8,10-11,15-16,22H,6,9,12-14H2,1-2H3. The molecular formula is C21H26N2O3S. The molecule has 0 atom stereocenters. The average molecular weight is 387 g/mol. The largest absolute Gasteiger partial charge is 0.312 e. The minimum Gasteiger partial charge on any atom is -0.312 e. The van der Waals surface area contributed by atoms with Crippen molar-refractivity contribution < 1.29 is 13.2 Å². The molecule has 0 radical (unpaired) electrons. The highest BCUT2D eigenvalue weighted by Crippen LogP contribution is 2.31. The summed E-state index contributed by atoms with van der Waals surface area (Å²) in [6.45, 7) is 4.50. The lowest BCUT2D eigenvalue weighted by molar-refractivity contribution is -0.121. The van der Waals surface area contributed by atoms with Crippen LogP contribution < -0.4 is 9.62 Å². The molecule has 0 aliphatic carbocycles. The molecule has 1 aliphatic heterocycles. The molecule has 144 valence electrons. The van der Waals surface area contributed by atoms with Crippen molar-refractivity contribution >= 4 is 27.3 Å². The second-order valence-corrected chi connectivity index (χ2v) is 9.09. The van der Waals surface area contributed by atoms with Crippen molar-refractivity contribution in [3.63, 3.8) is 0 Å². The maximum absolute atomic E-state index is 12.4. The summed E-state index contributed by atoms with van der Waals surface area (Å²) in [6.07, 6.45) is 2.20. The maximum atomic E-state index is 12.4. The number of anilines is 2. The lowest BCUT2D eigenvalue weighted by Gasteiger charge is -2.31.